The molecule has 0 bridgehead atoms. The first-order chi connectivity index (χ1) is 9.08. The molecule has 0 fully saturated rings. The second-order valence-electron chi connectivity index (χ2n) is 5.38. The normalized spacial score (nSPS) is 12.4. The van der Waals surface area contributed by atoms with E-state index in [1.54, 1.807) is 0 Å². The number of benzene rings is 2. The zero-order valence-corrected chi connectivity index (χ0v) is 12.3. The molecule has 0 heterocycles. The lowest BCUT2D eigenvalue weighted by molar-refractivity contribution is 0.572. The van der Waals surface area contributed by atoms with Gasteiger partial charge in [-0.1, -0.05) is 48.0 Å². The van der Waals surface area contributed by atoms with Crippen LogP contribution in [0.3, 0.4) is 0 Å². The lowest BCUT2D eigenvalue weighted by Gasteiger charge is -2.17. The molecule has 0 amide bonds. The van der Waals surface area contributed by atoms with E-state index in [1.807, 2.05) is 0 Å². The average Bonchev–Trinajstić information content (AvgIpc) is 2.38. The highest BCUT2D eigenvalue weighted by Gasteiger charge is 2.07. The Labute approximate surface area is 116 Å². The van der Waals surface area contributed by atoms with Gasteiger partial charge in [0.2, 0.25) is 0 Å². The van der Waals surface area contributed by atoms with Gasteiger partial charge in [0.15, 0.2) is 0 Å². The van der Waals surface area contributed by atoms with Crippen molar-refractivity contribution in [3.8, 4) is 0 Å². The van der Waals surface area contributed by atoms with Gasteiger partial charge in [-0.3, -0.25) is 0 Å². The van der Waals surface area contributed by atoms with Gasteiger partial charge in [-0.05, 0) is 49.9 Å². The summed E-state index contributed by atoms with van der Waals surface area (Å²) in [5.41, 5.74) is 6.80. The molecular weight excluding hydrogens is 230 g/mol. The third-order valence-electron chi connectivity index (χ3n) is 3.81. The smallest absolute Gasteiger partial charge is 0.0294 e. The maximum Gasteiger partial charge on any atom is 0.0294 e. The predicted molar refractivity (Wildman–Crippen MR) is 82.3 cm³/mol. The van der Waals surface area contributed by atoms with Crippen molar-refractivity contribution < 1.29 is 0 Å². The standard InChI is InChI=1S/C18H23N/c1-13-8-10-17(11-9-13)16(4)19-12-18-14(2)6-5-7-15(18)3/h5-11,16,19H,12H2,1-4H3/t16-/m1/s1. The second kappa shape index (κ2) is 6.03. The third kappa shape index (κ3) is 3.45. The predicted octanol–water partition coefficient (Wildman–Crippen LogP) is 4.46. The van der Waals surface area contributed by atoms with Crippen molar-refractivity contribution in [2.75, 3.05) is 0 Å². The first-order valence-electron chi connectivity index (χ1n) is 6.93. The van der Waals surface area contributed by atoms with Crippen LogP contribution >= 0.6 is 0 Å². The fourth-order valence-electron chi connectivity index (χ4n) is 2.36. The monoisotopic (exact) mass is 253 g/mol. The van der Waals surface area contributed by atoms with Crippen molar-refractivity contribution in [2.45, 2.75) is 40.3 Å². The molecular formula is C18H23N. The number of nitrogens with one attached hydrogen (secondary N) is 1. The van der Waals surface area contributed by atoms with E-state index in [9.17, 15) is 0 Å². The molecule has 0 aliphatic rings. The largest absolute Gasteiger partial charge is 0.306 e. The summed E-state index contributed by atoms with van der Waals surface area (Å²) in [6, 6.07) is 15.6. The van der Waals surface area contributed by atoms with E-state index in [0.717, 1.165) is 6.54 Å². The first-order valence-corrected chi connectivity index (χ1v) is 6.93. The molecule has 0 radical (unpaired) electrons. The first kappa shape index (κ1) is 13.8. The molecule has 0 saturated heterocycles. The minimum absolute atomic E-state index is 0.375. The molecule has 0 aromatic heterocycles. The molecule has 1 nitrogen and oxygen atoms in total. The van der Waals surface area contributed by atoms with Crippen molar-refractivity contribution >= 4 is 0 Å². The summed E-state index contributed by atoms with van der Waals surface area (Å²) in [4.78, 5) is 0. The Morgan fingerprint density at radius 2 is 1.47 bits per heavy atom. The number of aryl methyl sites for hydroxylation is 3. The topological polar surface area (TPSA) is 12.0 Å². The van der Waals surface area contributed by atoms with Gasteiger partial charge in [-0.2, -0.15) is 0 Å². The van der Waals surface area contributed by atoms with Crippen LogP contribution in [0.25, 0.3) is 0 Å². The fourth-order valence-corrected chi connectivity index (χ4v) is 2.36. The summed E-state index contributed by atoms with van der Waals surface area (Å²) >= 11 is 0. The van der Waals surface area contributed by atoms with Gasteiger partial charge in [0.05, 0.1) is 0 Å². The van der Waals surface area contributed by atoms with Gasteiger partial charge in [-0.25, -0.2) is 0 Å². The maximum atomic E-state index is 3.62. The molecule has 0 unspecified atom stereocenters. The fraction of sp³-hybridized carbons (Fsp3) is 0.333. The minimum Gasteiger partial charge on any atom is -0.306 e. The quantitative estimate of drug-likeness (QED) is 0.848. The van der Waals surface area contributed by atoms with Crippen molar-refractivity contribution in [3.63, 3.8) is 0 Å². The van der Waals surface area contributed by atoms with Crippen LogP contribution < -0.4 is 5.32 Å². The Bertz CT molecular complexity index is 520. The molecule has 2 aromatic carbocycles. The zero-order valence-electron chi connectivity index (χ0n) is 12.3. The highest BCUT2D eigenvalue weighted by Crippen LogP contribution is 2.17. The molecule has 100 valence electrons. The van der Waals surface area contributed by atoms with Crippen molar-refractivity contribution in [1.29, 1.82) is 0 Å². The van der Waals surface area contributed by atoms with Gasteiger partial charge in [0, 0.05) is 12.6 Å². The van der Waals surface area contributed by atoms with Crippen molar-refractivity contribution in [2.24, 2.45) is 0 Å². The Kier molecular flexibility index (Phi) is 4.39. The van der Waals surface area contributed by atoms with Crippen molar-refractivity contribution in [1.82, 2.24) is 5.32 Å². The van der Waals surface area contributed by atoms with E-state index < -0.39 is 0 Å². The van der Waals surface area contributed by atoms with Gasteiger partial charge in [-0.15, -0.1) is 0 Å². The van der Waals surface area contributed by atoms with Gasteiger partial charge < -0.3 is 5.32 Å². The zero-order chi connectivity index (χ0) is 13.8. The summed E-state index contributed by atoms with van der Waals surface area (Å²) in [6.45, 7) is 9.63. The summed E-state index contributed by atoms with van der Waals surface area (Å²) in [5.74, 6) is 0. The van der Waals surface area contributed by atoms with Crippen LogP contribution in [-0.4, -0.2) is 0 Å². The SMILES string of the molecule is Cc1ccc([C@@H](C)NCc2c(C)cccc2C)cc1. The minimum atomic E-state index is 0.375. The summed E-state index contributed by atoms with van der Waals surface area (Å²) in [5, 5.41) is 3.62. The molecule has 2 aromatic rings. The van der Waals surface area contributed by atoms with Gasteiger partial charge in [0.1, 0.15) is 0 Å². The van der Waals surface area contributed by atoms with E-state index in [4.69, 9.17) is 0 Å². The Hall–Kier alpha value is -1.60. The number of rotatable bonds is 4. The highest BCUT2D eigenvalue weighted by molar-refractivity contribution is 5.33. The highest BCUT2D eigenvalue weighted by atomic mass is 14.9. The Morgan fingerprint density at radius 3 is 2.05 bits per heavy atom. The van der Waals surface area contributed by atoms with Crippen LogP contribution in [0.5, 0.6) is 0 Å². The third-order valence-corrected chi connectivity index (χ3v) is 3.81. The van der Waals surface area contributed by atoms with Gasteiger partial charge >= 0.3 is 0 Å². The molecule has 0 aliphatic carbocycles. The van der Waals surface area contributed by atoms with E-state index in [2.05, 4.69) is 75.5 Å². The number of hydrogen-bond donors (Lipinski definition) is 1. The van der Waals surface area contributed by atoms with Crippen LogP contribution in [0.2, 0.25) is 0 Å². The molecule has 0 saturated carbocycles. The molecule has 1 atom stereocenters. The Morgan fingerprint density at radius 1 is 0.895 bits per heavy atom. The van der Waals surface area contributed by atoms with Crippen molar-refractivity contribution in [3.05, 3.63) is 70.3 Å². The maximum absolute atomic E-state index is 3.62. The van der Waals surface area contributed by atoms with Crippen LogP contribution in [0, 0.1) is 20.8 Å². The van der Waals surface area contributed by atoms with E-state index in [1.165, 1.54) is 27.8 Å². The summed E-state index contributed by atoms with van der Waals surface area (Å²) < 4.78 is 0. The second-order valence-corrected chi connectivity index (χ2v) is 5.38. The molecule has 0 aliphatic heterocycles. The van der Waals surface area contributed by atoms with Gasteiger partial charge in [0.25, 0.3) is 0 Å². The molecule has 0 spiro atoms. The van der Waals surface area contributed by atoms with E-state index in [0.29, 0.717) is 6.04 Å². The van der Waals surface area contributed by atoms with E-state index >= 15 is 0 Å². The summed E-state index contributed by atoms with van der Waals surface area (Å²) in [7, 11) is 0. The van der Waals surface area contributed by atoms with Crippen LogP contribution in [0.15, 0.2) is 42.5 Å². The molecule has 1 N–H and O–H groups in total. The van der Waals surface area contributed by atoms with Crippen LogP contribution in [0.4, 0.5) is 0 Å². The number of hydrogen-bond acceptors (Lipinski definition) is 1. The lowest BCUT2D eigenvalue weighted by atomic mass is 10.0. The van der Waals surface area contributed by atoms with Crippen LogP contribution in [-0.2, 0) is 6.54 Å². The lowest BCUT2D eigenvalue weighted by Crippen LogP contribution is -2.19. The average molecular weight is 253 g/mol. The Balaban J connectivity index is 2.04. The van der Waals surface area contributed by atoms with E-state index in [-0.39, 0.29) is 0 Å². The molecule has 19 heavy (non-hydrogen) atoms. The summed E-state index contributed by atoms with van der Waals surface area (Å²) in [6.07, 6.45) is 0. The van der Waals surface area contributed by atoms with Crippen LogP contribution in [0.1, 0.15) is 40.8 Å². The molecule has 2 rings (SSSR count). The molecule has 1 heteroatoms.